The van der Waals surface area contributed by atoms with Crippen molar-refractivity contribution >= 4 is 11.5 Å². The van der Waals surface area contributed by atoms with Crippen molar-refractivity contribution in [2.24, 2.45) is 11.7 Å². The van der Waals surface area contributed by atoms with Crippen LogP contribution in [0.2, 0.25) is 0 Å². The SMILES string of the molecule is N=C(N)C(CN1CCCc2ccccc21)C(F)(F)F. The Morgan fingerprint density at radius 3 is 2.68 bits per heavy atom. The second-order valence-electron chi connectivity index (χ2n) is 4.73. The molecule has 0 saturated heterocycles. The summed E-state index contributed by atoms with van der Waals surface area (Å²) in [6.45, 7) is 0.284. The molecule has 1 aliphatic rings. The van der Waals surface area contributed by atoms with Crippen molar-refractivity contribution in [2.75, 3.05) is 18.0 Å². The summed E-state index contributed by atoms with van der Waals surface area (Å²) < 4.78 is 38.6. The zero-order valence-corrected chi connectivity index (χ0v) is 10.4. The minimum Gasteiger partial charge on any atom is -0.387 e. The van der Waals surface area contributed by atoms with Crippen LogP contribution < -0.4 is 10.6 Å². The van der Waals surface area contributed by atoms with Gasteiger partial charge in [-0.05, 0) is 24.5 Å². The molecule has 0 saturated carbocycles. The quantitative estimate of drug-likeness (QED) is 0.655. The van der Waals surface area contributed by atoms with Gasteiger partial charge in [0.1, 0.15) is 11.8 Å². The molecule has 0 bridgehead atoms. The van der Waals surface area contributed by atoms with E-state index in [1.165, 1.54) is 0 Å². The Hall–Kier alpha value is -1.72. The number of aryl methyl sites for hydroxylation is 1. The summed E-state index contributed by atoms with van der Waals surface area (Å²) in [7, 11) is 0. The summed E-state index contributed by atoms with van der Waals surface area (Å²) in [5, 5.41) is 7.14. The number of halogens is 3. The molecule has 1 aromatic rings. The number of para-hydroxylation sites is 1. The van der Waals surface area contributed by atoms with Gasteiger partial charge in [-0.2, -0.15) is 13.2 Å². The van der Waals surface area contributed by atoms with Gasteiger partial charge in [-0.1, -0.05) is 18.2 Å². The van der Waals surface area contributed by atoms with Gasteiger partial charge < -0.3 is 10.6 Å². The summed E-state index contributed by atoms with van der Waals surface area (Å²) in [6.07, 6.45) is -2.78. The molecule has 0 aliphatic carbocycles. The smallest absolute Gasteiger partial charge is 0.387 e. The summed E-state index contributed by atoms with van der Waals surface area (Å²) in [5.74, 6) is -2.73. The highest BCUT2D eigenvalue weighted by Gasteiger charge is 2.43. The molecule has 3 nitrogen and oxygen atoms in total. The summed E-state index contributed by atoms with van der Waals surface area (Å²) >= 11 is 0. The molecule has 2 rings (SSSR count). The van der Waals surface area contributed by atoms with E-state index in [2.05, 4.69) is 0 Å². The molecule has 1 heterocycles. The molecule has 1 aliphatic heterocycles. The first-order valence-corrected chi connectivity index (χ1v) is 6.13. The molecule has 104 valence electrons. The number of anilines is 1. The topological polar surface area (TPSA) is 53.1 Å². The fourth-order valence-corrected chi connectivity index (χ4v) is 2.40. The summed E-state index contributed by atoms with van der Waals surface area (Å²) in [4.78, 5) is 1.68. The summed E-state index contributed by atoms with van der Waals surface area (Å²) in [6, 6.07) is 7.45. The van der Waals surface area contributed by atoms with Crippen molar-refractivity contribution in [3.8, 4) is 0 Å². The lowest BCUT2D eigenvalue weighted by Crippen LogP contribution is -2.45. The molecular formula is C13H16F3N3. The van der Waals surface area contributed by atoms with Crippen LogP contribution in [0.4, 0.5) is 18.9 Å². The Morgan fingerprint density at radius 2 is 2.05 bits per heavy atom. The van der Waals surface area contributed by atoms with E-state index in [9.17, 15) is 13.2 Å². The van der Waals surface area contributed by atoms with Crippen LogP contribution in [0.3, 0.4) is 0 Å². The third-order valence-electron chi connectivity index (χ3n) is 3.38. The summed E-state index contributed by atoms with van der Waals surface area (Å²) in [5.41, 5.74) is 6.97. The van der Waals surface area contributed by atoms with Crippen molar-refractivity contribution in [1.82, 2.24) is 0 Å². The van der Waals surface area contributed by atoms with Crippen LogP contribution in [0.1, 0.15) is 12.0 Å². The monoisotopic (exact) mass is 271 g/mol. The predicted octanol–water partition coefficient (Wildman–Crippen LogP) is 2.55. The fourth-order valence-electron chi connectivity index (χ4n) is 2.40. The van der Waals surface area contributed by atoms with E-state index < -0.39 is 17.9 Å². The Morgan fingerprint density at radius 1 is 1.37 bits per heavy atom. The maximum atomic E-state index is 12.9. The van der Waals surface area contributed by atoms with Gasteiger partial charge in [0.15, 0.2) is 0 Å². The third-order valence-corrected chi connectivity index (χ3v) is 3.38. The number of hydrogen-bond donors (Lipinski definition) is 2. The van der Waals surface area contributed by atoms with Crippen LogP contribution in [-0.4, -0.2) is 25.1 Å². The molecule has 1 atom stereocenters. The molecule has 19 heavy (non-hydrogen) atoms. The molecule has 0 spiro atoms. The lowest BCUT2D eigenvalue weighted by Gasteiger charge is -2.34. The highest BCUT2D eigenvalue weighted by Crippen LogP contribution is 2.32. The van der Waals surface area contributed by atoms with Crippen molar-refractivity contribution in [1.29, 1.82) is 5.41 Å². The standard InChI is InChI=1S/C13H16F3N3/c14-13(15,16)10(12(17)18)8-19-7-3-5-9-4-1-2-6-11(9)19/h1-2,4,6,10H,3,5,7-8H2,(H3,17,18). The van der Waals surface area contributed by atoms with Gasteiger partial charge in [-0.3, -0.25) is 5.41 Å². The number of hydrogen-bond acceptors (Lipinski definition) is 2. The van der Waals surface area contributed by atoms with E-state index in [0.717, 1.165) is 24.1 Å². The number of alkyl halides is 3. The second-order valence-corrected chi connectivity index (χ2v) is 4.73. The number of nitrogens with one attached hydrogen (secondary N) is 1. The van der Waals surface area contributed by atoms with Gasteiger partial charge in [0.25, 0.3) is 0 Å². The number of benzene rings is 1. The number of rotatable bonds is 3. The zero-order valence-electron chi connectivity index (χ0n) is 10.4. The maximum Gasteiger partial charge on any atom is 0.400 e. The zero-order chi connectivity index (χ0) is 14.0. The Balaban J connectivity index is 2.22. The van der Waals surface area contributed by atoms with Crippen LogP contribution in [0.15, 0.2) is 24.3 Å². The molecule has 6 heteroatoms. The van der Waals surface area contributed by atoms with E-state index in [1.807, 2.05) is 24.3 Å². The van der Waals surface area contributed by atoms with E-state index in [4.69, 9.17) is 11.1 Å². The molecule has 0 radical (unpaired) electrons. The highest BCUT2D eigenvalue weighted by molar-refractivity contribution is 5.81. The van der Waals surface area contributed by atoms with Crippen molar-refractivity contribution in [3.63, 3.8) is 0 Å². The number of nitrogens with two attached hydrogens (primary N) is 1. The molecule has 0 fully saturated rings. The number of fused-ring (bicyclic) bond motifs is 1. The first-order valence-electron chi connectivity index (χ1n) is 6.13. The number of amidine groups is 1. The van der Waals surface area contributed by atoms with Gasteiger partial charge >= 0.3 is 6.18 Å². The van der Waals surface area contributed by atoms with Crippen molar-refractivity contribution in [3.05, 3.63) is 29.8 Å². The van der Waals surface area contributed by atoms with Crippen LogP contribution >= 0.6 is 0 Å². The highest BCUT2D eigenvalue weighted by atomic mass is 19.4. The normalized spacial score (nSPS) is 16.9. The van der Waals surface area contributed by atoms with E-state index in [-0.39, 0.29) is 6.54 Å². The van der Waals surface area contributed by atoms with Crippen molar-refractivity contribution < 1.29 is 13.2 Å². The second kappa shape index (κ2) is 5.11. The first kappa shape index (κ1) is 13.7. The fraction of sp³-hybridized carbons (Fsp3) is 0.462. The molecular weight excluding hydrogens is 255 g/mol. The molecule has 1 aromatic carbocycles. The van der Waals surface area contributed by atoms with Gasteiger partial charge in [0.2, 0.25) is 0 Å². The lowest BCUT2D eigenvalue weighted by atomic mass is 9.99. The van der Waals surface area contributed by atoms with Crippen LogP contribution in [-0.2, 0) is 6.42 Å². The first-order chi connectivity index (χ1) is 8.89. The molecule has 0 amide bonds. The average Bonchev–Trinajstić information content (AvgIpc) is 2.34. The Bertz CT molecular complexity index is 470. The lowest BCUT2D eigenvalue weighted by molar-refractivity contribution is -0.153. The van der Waals surface area contributed by atoms with Crippen LogP contribution in [0.25, 0.3) is 0 Å². The minimum absolute atomic E-state index is 0.282. The van der Waals surface area contributed by atoms with Gasteiger partial charge in [-0.25, -0.2) is 0 Å². The van der Waals surface area contributed by atoms with Crippen molar-refractivity contribution in [2.45, 2.75) is 19.0 Å². The van der Waals surface area contributed by atoms with Gasteiger partial charge in [0.05, 0.1) is 0 Å². The minimum atomic E-state index is -4.47. The third kappa shape index (κ3) is 3.00. The van der Waals surface area contributed by atoms with Crippen LogP contribution in [0, 0.1) is 11.3 Å². The number of nitrogens with zero attached hydrogens (tertiary/aromatic N) is 1. The molecule has 3 N–H and O–H groups in total. The van der Waals surface area contributed by atoms with Gasteiger partial charge in [0, 0.05) is 18.8 Å². The molecule has 0 aromatic heterocycles. The Labute approximate surface area is 109 Å². The maximum absolute atomic E-state index is 12.9. The molecule has 1 unspecified atom stereocenters. The van der Waals surface area contributed by atoms with Crippen LogP contribution in [0.5, 0.6) is 0 Å². The van der Waals surface area contributed by atoms with E-state index in [1.54, 1.807) is 4.90 Å². The predicted molar refractivity (Wildman–Crippen MR) is 68.4 cm³/mol. The Kier molecular flexibility index (Phi) is 3.68. The van der Waals surface area contributed by atoms with Gasteiger partial charge in [-0.15, -0.1) is 0 Å². The average molecular weight is 271 g/mol. The largest absolute Gasteiger partial charge is 0.400 e. The van der Waals surface area contributed by atoms with E-state index >= 15 is 0 Å². The van der Waals surface area contributed by atoms with E-state index in [0.29, 0.717) is 6.54 Å².